The van der Waals surface area contributed by atoms with E-state index >= 15 is 0 Å². The molecule has 14 heavy (non-hydrogen) atoms. The van der Waals surface area contributed by atoms with Gasteiger partial charge in [0.1, 0.15) is 0 Å². The summed E-state index contributed by atoms with van der Waals surface area (Å²) in [5.74, 6) is -2.16. The second kappa shape index (κ2) is 4.87. The monoisotopic (exact) mass is 203 g/mol. The summed E-state index contributed by atoms with van der Waals surface area (Å²) in [6.07, 6.45) is 5.15. The third kappa shape index (κ3) is 4.18. The van der Waals surface area contributed by atoms with E-state index < -0.39 is 5.92 Å². The molecule has 1 aliphatic rings. The van der Waals surface area contributed by atoms with Crippen LogP contribution in [0.3, 0.4) is 0 Å². The molecule has 0 aromatic rings. The van der Waals surface area contributed by atoms with Crippen LogP contribution in [0, 0.1) is 5.92 Å². The summed E-state index contributed by atoms with van der Waals surface area (Å²) in [7, 11) is 3.99. The summed E-state index contributed by atoms with van der Waals surface area (Å²) in [5, 5.41) is 0. The Morgan fingerprint density at radius 1 is 1.36 bits per heavy atom. The van der Waals surface area contributed by atoms with E-state index in [2.05, 4.69) is 4.90 Å². The SMILES string of the molecule is CN(C)CC1CC/C=C\C(F)(F)CC1. The van der Waals surface area contributed by atoms with Gasteiger partial charge in [0, 0.05) is 13.0 Å². The van der Waals surface area contributed by atoms with Gasteiger partial charge in [0.2, 0.25) is 0 Å². The summed E-state index contributed by atoms with van der Waals surface area (Å²) in [4.78, 5) is 2.08. The van der Waals surface area contributed by atoms with Crippen LogP contribution >= 0.6 is 0 Å². The molecule has 1 unspecified atom stereocenters. The summed E-state index contributed by atoms with van der Waals surface area (Å²) in [6, 6.07) is 0. The number of rotatable bonds is 2. The zero-order chi connectivity index (χ0) is 10.6. The number of hydrogen-bond donors (Lipinski definition) is 0. The van der Waals surface area contributed by atoms with Crippen LogP contribution in [-0.4, -0.2) is 31.5 Å². The van der Waals surface area contributed by atoms with Crippen molar-refractivity contribution in [1.82, 2.24) is 4.90 Å². The van der Waals surface area contributed by atoms with E-state index in [4.69, 9.17) is 0 Å². The molecule has 1 atom stereocenters. The molecule has 0 fully saturated rings. The number of nitrogens with zero attached hydrogens (tertiary/aromatic N) is 1. The molecule has 0 aromatic carbocycles. The predicted octanol–water partition coefficient (Wildman–Crippen LogP) is 2.93. The first kappa shape index (κ1) is 11.6. The average Bonchev–Trinajstić information content (AvgIpc) is 2.05. The Hall–Kier alpha value is -0.440. The molecule has 0 spiro atoms. The zero-order valence-corrected chi connectivity index (χ0v) is 8.97. The van der Waals surface area contributed by atoms with Crippen molar-refractivity contribution in [2.75, 3.05) is 20.6 Å². The van der Waals surface area contributed by atoms with Gasteiger partial charge in [-0.15, -0.1) is 0 Å². The van der Waals surface area contributed by atoms with Gasteiger partial charge in [0.25, 0.3) is 5.92 Å². The Bertz CT molecular complexity index is 199. The van der Waals surface area contributed by atoms with Crippen molar-refractivity contribution in [3.8, 4) is 0 Å². The summed E-state index contributed by atoms with van der Waals surface area (Å²) in [5.41, 5.74) is 0. The normalized spacial score (nSPS) is 29.6. The van der Waals surface area contributed by atoms with Gasteiger partial charge in [-0.05, 0) is 45.4 Å². The Balaban J connectivity index is 2.47. The molecule has 0 radical (unpaired) electrons. The molecule has 0 aliphatic heterocycles. The fraction of sp³-hybridized carbons (Fsp3) is 0.818. The average molecular weight is 203 g/mol. The Morgan fingerprint density at radius 2 is 2.07 bits per heavy atom. The maximum atomic E-state index is 13.1. The van der Waals surface area contributed by atoms with E-state index in [1.54, 1.807) is 6.08 Å². The highest BCUT2D eigenvalue weighted by atomic mass is 19.3. The number of hydrogen-bond acceptors (Lipinski definition) is 1. The second-order valence-electron chi connectivity index (χ2n) is 4.41. The number of allylic oxidation sites excluding steroid dienone is 2. The highest BCUT2D eigenvalue weighted by molar-refractivity contribution is 4.97. The molecule has 3 heteroatoms. The summed E-state index contributed by atoms with van der Waals surface area (Å²) >= 11 is 0. The molecule has 0 saturated heterocycles. The van der Waals surface area contributed by atoms with E-state index in [1.807, 2.05) is 14.1 Å². The second-order valence-corrected chi connectivity index (χ2v) is 4.41. The molecule has 0 heterocycles. The van der Waals surface area contributed by atoms with Crippen molar-refractivity contribution in [3.05, 3.63) is 12.2 Å². The summed E-state index contributed by atoms with van der Waals surface area (Å²) in [6.45, 7) is 0.921. The van der Waals surface area contributed by atoms with Crippen LogP contribution in [0.15, 0.2) is 12.2 Å². The minimum atomic E-state index is -2.58. The summed E-state index contributed by atoms with van der Waals surface area (Å²) < 4.78 is 26.1. The van der Waals surface area contributed by atoms with Crippen molar-refractivity contribution in [2.24, 2.45) is 5.92 Å². The molecular formula is C11H19F2N. The standard InChI is InChI=1S/C11H19F2N/c1-14(2)9-10-5-3-4-7-11(12,13)8-6-10/h4,7,10H,3,5-6,8-9H2,1-2H3/b7-4-. The van der Waals surface area contributed by atoms with Crippen LogP contribution in [0.1, 0.15) is 25.7 Å². The van der Waals surface area contributed by atoms with Gasteiger partial charge in [-0.3, -0.25) is 0 Å². The van der Waals surface area contributed by atoms with Crippen molar-refractivity contribution in [1.29, 1.82) is 0 Å². The smallest absolute Gasteiger partial charge is 0.266 e. The minimum Gasteiger partial charge on any atom is -0.309 e. The maximum Gasteiger partial charge on any atom is 0.266 e. The topological polar surface area (TPSA) is 3.24 Å². The van der Waals surface area contributed by atoms with E-state index in [-0.39, 0.29) is 6.42 Å². The van der Waals surface area contributed by atoms with Gasteiger partial charge in [0.15, 0.2) is 0 Å². The third-order valence-electron chi connectivity index (χ3n) is 2.61. The predicted molar refractivity (Wildman–Crippen MR) is 54.6 cm³/mol. The van der Waals surface area contributed by atoms with Crippen molar-refractivity contribution in [2.45, 2.75) is 31.6 Å². The molecule has 1 rings (SSSR count). The molecule has 1 nitrogen and oxygen atoms in total. The molecule has 0 saturated carbocycles. The first-order chi connectivity index (χ1) is 6.49. The molecule has 0 aromatic heterocycles. The van der Waals surface area contributed by atoms with Crippen LogP contribution < -0.4 is 0 Å². The first-order valence-corrected chi connectivity index (χ1v) is 5.20. The van der Waals surface area contributed by atoms with Crippen molar-refractivity contribution < 1.29 is 8.78 Å². The lowest BCUT2D eigenvalue weighted by atomic mass is 9.92. The van der Waals surface area contributed by atoms with Gasteiger partial charge in [-0.1, -0.05) is 6.08 Å². The fourth-order valence-electron chi connectivity index (χ4n) is 1.91. The minimum absolute atomic E-state index is 0.00199. The van der Waals surface area contributed by atoms with Crippen LogP contribution in [0.5, 0.6) is 0 Å². The lowest BCUT2D eigenvalue weighted by molar-refractivity contribution is 0.0345. The van der Waals surface area contributed by atoms with Crippen LogP contribution in [0.2, 0.25) is 0 Å². The van der Waals surface area contributed by atoms with Crippen LogP contribution in [0.25, 0.3) is 0 Å². The molecule has 0 bridgehead atoms. The lowest BCUT2D eigenvalue weighted by Crippen LogP contribution is -2.25. The van der Waals surface area contributed by atoms with E-state index in [0.717, 1.165) is 25.5 Å². The van der Waals surface area contributed by atoms with E-state index in [1.165, 1.54) is 0 Å². The maximum absolute atomic E-state index is 13.1. The molecule has 82 valence electrons. The quantitative estimate of drug-likeness (QED) is 0.624. The number of halogens is 2. The zero-order valence-electron chi connectivity index (χ0n) is 8.97. The van der Waals surface area contributed by atoms with Gasteiger partial charge >= 0.3 is 0 Å². The Kier molecular flexibility index (Phi) is 4.05. The molecule has 0 N–H and O–H groups in total. The Morgan fingerprint density at radius 3 is 2.71 bits per heavy atom. The molecule has 0 amide bonds. The highest BCUT2D eigenvalue weighted by Gasteiger charge is 2.27. The highest BCUT2D eigenvalue weighted by Crippen LogP contribution is 2.29. The van der Waals surface area contributed by atoms with Crippen LogP contribution in [-0.2, 0) is 0 Å². The molecule has 1 aliphatic carbocycles. The first-order valence-electron chi connectivity index (χ1n) is 5.20. The van der Waals surface area contributed by atoms with Gasteiger partial charge in [0.05, 0.1) is 0 Å². The van der Waals surface area contributed by atoms with Crippen molar-refractivity contribution >= 4 is 0 Å². The van der Waals surface area contributed by atoms with Gasteiger partial charge < -0.3 is 4.90 Å². The van der Waals surface area contributed by atoms with E-state index in [9.17, 15) is 8.78 Å². The van der Waals surface area contributed by atoms with Gasteiger partial charge in [-0.25, -0.2) is 8.78 Å². The third-order valence-corrected chi connectivity index (χ3v) is 2.61. The van der Waals surface area contributed by atoms with Crippen LogP contribution in [0.4, 0.5) is 8.78 Å². The fourth-order valence-corrected chi connectivity index (χ4v) is 1.91. The Labute approximate surface area is 84.8 Å². The lowest BCUT2D eigenvalue weighted by Gasteiger charge is -2.24. The largest absolute Gasteiger partial charge is 0.309 e. The number of alkyl halides is 2. The molecular weight excluding hydrogens is 184 g/mol. The van der Waals surface area contributed by atoms with Crippen molar-refractivity contribution in [3.63, 3.8) is 0 Å². The van der Waals surface area contributed by atoms with Gasteiger partial charge in [-0.2, -0.15) is 0 Å². The van der Waals surface area contributed by atoms with E-state index in [0.29, 0.717) is 12.3 Å².